The van der Waals surface area contributed by atoms with E-state index in [0.29, 0.717) is 36.1 Å². The second-order valence-electron chi connectivity index (χ2n) is 7.94. The highest BCUT2D eigenvalue weighted by molar-refractivity contribution is 5.99. The summed E-state index contributed by atoms with van der Waals surface area (Å²) in [6.07, 6.45) is 1.76. The molecule has 0 aliphatic carbocycles. The average molecular weight is 405 g/mol. The number of aryl methyl sites for hydroxylation is 1. The predicted octanol–water partition coefficient (Wildman–Crippen LogP) is 4.72. The van der Waals surface area contributed by atoms with E-state index in [1.54, 1.807) is 23.1 Å². The standard InChI is InChI=1S/C25H27NO4/c1-4-17-10-12-18(13-11-17)22-21-23(27)19-8-5-6-9-20(19)30-24(21)25(28)26(22)14-7-15-29-16(2)3/h5-6,8-13,16,22H,4,7,14-15H2,1-3H3/t22-/m1/s1. The minimum Gasteiger partial charge on any atom is -0.450 e. The predicted molar refractivity (Wildman–Crippen MR) is 117 cm³/mol. The van der Waals surface area contributed by atoms with Gasteiger partial charge in [-0.15, -0.1) is 0 Å². The van der Waals surface area contributed by atoms with Gasteiger partial charge in [-0.25, -0.2) is 0 Å². The average Bonchev–Trinajstić information content (AvgIpc) is 3.03. The first-order chi connectivity index (χ1) is 14.5. The molecule has 0 bridgehead atoms. The Morgan fingerprint density at radius 2 is 1.80 bits per heavy atom. The Hall–Kier alpha value is -2.92. The largest absolute Gasteiger partial charge is 0.450 e. The van der Waals surface area contributed by atoms with Crippen LogP contribution in [0.2, 0.25) is 0 Å². The summed E-state index contributed by atoms with van der Waals surface area (Å²) in [7, 11) is 0. The van der Waals surface area contributed by atoms with Crippen LogP contribution in [0.4, 0.5) is 0 Å². The molecular formula is C25H27NO4. The number of benzene rings is 2. The van der Waals surface area contributed by atoms with Gasteiger partial charge in [0, 0.05) is 13.2 Å². The van der Waals surface area contributed by atoms with E-state index < -0.39 is 6.04 Å². The minimum atomic E-state index is -0.446. The van der Waals surface area contributed by atoms with Crippen molar-refractivity contribution in [1.82, 2.24) is 4.90 Å². The van der Waals surface area contributed by atoms with Crippen molar-refractivity contribution in [2.45, 2.75) is 45.8 Å². The number of ether oxygens (including phenoxy) is 1. The SMILES string of the molecule is CCc1ccc([C@@H]2c3c(oc4ccccc4c3=O)C(=O)N2CCCOC(C)C)cc1. The zero-order valence-electron chi connectivity index (χ0n) is 17.7. The van der Waals surface area contributed by atoms with Gasteiger partial charge in [0.25, 0.3) is 5.91 Å². The molecule has 3 aromatic rings. The van der Waals surface area contributed by atoms with Gasteiger partial charge in [-0.05, 0) is 49.9 Å². The molecule has 2 heterocycles. The maximum absolute atomic E-state index is 13.4. The molecule has 1 aliphatic heterocycles. The number of hydrogen-bond donors (Lipinski definition) is 0. The third-order valence-corrected chi connectivity index (χ3v) is 5.57. The lowest BCUT2D eigenvalue weighted by molar-refractivity contribution is 0.0593. The fourth-order valence-electron chi connectivity index (χ4n) is 4.03. The molecule has 5 heteroatoms. The number of hydrogen-bond acceptors (Lipinski definition) is 4. The zero-order valence-corrected chi connectivity index (χ0v) is 17.7. The van der Waals surface area contributed by atoms with Gasteiger partial charge in [-0.1, -0.05) is 43.3 Å². The summed E-state index contributed by atoms with van der Waals surface area (Å²) in [4.78, 5) is 28.4. The van der Waals surface area contributed by atoms with Crippen LogP contribution < -0.4 is 5.43 Å². The molecule has 2 aromatic carbocycles. The van der Waals surface area contributed by atoms with Crippen molar-refractivity contribution in [2.75, 3.05) is 13.2 Å². The van der Waals surface area contributed by atoms with Crippen LogP contribution >= 0.6 is 0 Å². The van der Waals surface area contributed by atoms with Crippen LogP contribution in [0.5, 0.6) is 0 Å². The van der Waals surface area contributed by atoms with Crippen LogP contribution in [-0.4, -0.2) is 30.1 Å². The van der Waals surface area contributed by atoms with E-state index in [9.17, 15) is 9.59 Å². The second-order valence-corrected chi connectivity index (χ2v) is 7.94. The Bertz CT molecular complexity index is 1110. The zero-order chi connectivity index (χ0) is 21.3. The topological polar surface area (TPSA) is 59.8 Å². The molecule has 0 fully saturated rings. The smallest absolute Gasteiger partial charge is 0.290 e. The lowest BCUT2D eigenvalue weighted by Crippen LogP contribution is -2.31. The van der Waals surface area contributed by atoms with Gasteiger partial charge in [-0.3, -0.25) is 9.59 Å². The van der Waals surface area contributed by atoms with Crippen LogP contribution in [0, 0.1) is 0 Å². The Kier molecular flexibility index (Phi) is 5.73. The van der Waals surface area contributed by atoms with Gasteiger partial charge in [0.15, 0.2) is 5.43 Å². The summed E-state index contributed by atoms with van der Waals surface area (Å²) in [5.74, 6) is -0.0741. The molecule has 0 saturated heterocycles. The van der Waals surface area contributed by atoms with Crippen molar-refractivity contribution >= 4 is 16.9 Å². The van der Waals surface area contributed by atoms with E-state index in [1.165, 1.54) is 5.56 Å². The van der Waals surface area contributed by atoms with Gasteiger partial charge >= 0.3 is 0 Å². The Morgan fingerprint density at radius 1 is 1.07 bits per heavy atom. The molecule has 1 atom stereocenters. The van der Waals surface area contributed by atoms with Gasteiger partial charge in [0.2, 0.25) is 5.76 Å². The van der Waals surface area contributed by atoms with E-state index in [1.807, 2.05) is 32.0 Å². The molecule has 1 aromatic heterocycles. The molecule has 5 nitrogen and oxygen atoms in total. The van der Waals surface area contributed by atoms with Crippen molar-refractivity contribution in [3.63, 3.8) is 0 Å². The van der Waals surface area contributed by atoms with Gasteiger partial charge in [0.1, 0.15) is 5.58 Å². The summed E-state index contributed by atoms with van der Waals surface area (Å²) in [6.45, 7) is 7.13. The highest BCUT2D eigenvalue weighted by Gasteiger charge is 2.42. The van der Waals surface area contributed by atoms with E-state index in [2.05, 4.69) is 19.1 Å². The molecule has 0 saturated carbocycles. The monoisotopic (exact) mass is 405 g/mol. The fraction of sp³-hybridized carbons (Fsp3) is 0.360. The quantitative estimate of drug-likeness (QED) is 0.534. The van der Waals surface area contributed by atoms with Gasteiger partial charge in [0.05, 0.1) is 23.1 Å². The Labute approximate surface area is 176 Å². The summed E-state index contributed by atoms with van der Waals surface area (Å²) < 4.78 is 11.6. The van der Waals surface area contributed by atoms with Crippen molar-refractivity contribution < 1.29 is 13.9 Å². The molecular weight excluding hydrogens is 378 g/mol. The molecule has 4 rings (SSSR count). The number of fused-ring (bicyclic) bond motifs is 2. The third-order valence-electron chi connectivity index (χ3n) is 5.57. The molecule has 1 amide bonds. The first-order valence-electron chi connectivity index (χ1n) is 10.6. The summed E-state index contributed by atoms with van der Waals surface area (Å²) >= 11 is 0. The highest BCUT2D eigenvalue weighted by atomic mass is 16.5. The van der Waals surface area contributed by atoms with Crippen molar-refractivity contribution in [3.8, 4) is 0 Å². The van der Waals surface area contributed by atoms with Crippen molar-refractivity contribution in [1.29, 1.82) is 0 Å². The lowest BCUT2D eigenvalue weighted by atomic mass is 9.97. The maximum atomic E-state index is 13.4. The number of carbonyl (C=O) groups is 1. The molecule has 0 spiro atoms. The Balaban J connectivity index is 1.78. The van der Waals surface area contributed by atoms with Crippen LogP contribution in [0.25, 0.3) is 11.0 Å². The van der Waals surface area contributed by atoms with Crippen LogP contribution in [0.15, 0.2) is 57.7 Å². The second kappa shape index (κ2) is 8.44. The molecule has 1 aliphatic rings. The molecule has 0 radical (unpaired) electrons. The van der Waals surface area contributed by atoms with Crippen LogP contribution in [-0.2, 0) is 11.2 Å². The van der Waals surface area contributed by atoms with Crippen molar-refractivity contribution in [2.24, 2.45) is 0 Å². The Morgan fingerprint density at radius 3 is 2.50 bits per heavy atom. The van der Waals surface area contributed by atoms with Crippen LogP contribution in [0.3, 0.4) is 0 Å². The molecule has 156 valence electrons. The fourth-order valence-corrected chi connectivity index (χ4v) is 4.03. The third kappa shape index (κ3) is 3.65. The highest BCUT2D eigenvalue weighted by Crippen LogP contribution is 2.38. The molecule has 0 N–H and O–H groups in total. The van der Waals surface area contributed by atoms with E-state index in [-0.39, 0.29) is 23.2 Å². The maximum Gasteiger partial charge on any atom is 0.290 e. The van der Waals surface area contributed by atoms with Gasteiger partial charge in [-0.2, -0.15) is 0 Å². The summed E-state index contributed by atoms with van der Waals surface area (Å²) in [5.41, 5.74) is 2.88. The van der Waals surface area contributed by atoms with E-state index in [4.69, 9.17) is 9.15 Å². The molecule has 0 unspecified atom stereocenters. The number of amides is 1. The van der Waals surface area contributed by atoms with E-state index in [0.717, 1.165) is 12.0 Å². The van der Waals surface area contributed by atoms with Crippen molar-refractivity contribution in [3.05, 3.63) is 81.2 Å². The van der Waals surface area contributed by atoms with E-state index >= 15 is 0 Å². The lowest BCUT2D eigenvalue weighted by Gasteiger charge is -2.25. The number of para-hydroxylation sites is 1. The summed E-state index contributed by atoms with van der Waals surface area (Å²) in [6, 6.07) is 14.8. The molecule has 30 heavy (non-hydrogen) atoms. The summed E-state index contributed by atoms with van der Waals surface area (Å²) in [5, 5.41) is 0.504. The van der Waals surface area contributed by atoms with Crippen LogP contribution in [0.1, 0.15) is 60.5 Å². The number of carbonyl (C=O) groups excluding carboxylic acids is 1. The van der Waals surface area contributed by atoms with Gasteiger partial charge < -0.3 is 14.1 Å². The minimum absolute atomic E-state index is 0.134. The number of rotatable bonds is 7. The number of nitrogens with zero attached hydrogens (tertiary/aromatic N) is 1. The first-order valence-corrected chi connectivity index (χ1v) is 10.6. The normalized spacial score (nSPS) is 15.9. The first kappa shape index (κ1) is 20.4.